The van der Waals surface area contributed by atoms with Gasteiger partial charge in [0.25, 0.3) is 0 Å². The first-order valence-electron chi connectivity index (χ1n) is 5.68. The lowest BCUT2D eigenvalue weighted by atomic mass is 10.0. The SMILES string of the molecule is CCOC(C)=O.Cc1cc(CC#N)cc(Cl)c1C. The molecule has 0 aliphatic heterocycles. The number of aryl methyl sites for hydroxylation is 1. The minimum absolute atomic E-state index is 0.211. The number of carbonyl (C=O) groups is 1. The fraction of sp³-hybridized carbons (Fsp3) is 0.429. The number of halogens is 1. The van der Waals surface area contributed by atoms with Gasteiger partial charge in [0.05, 0.1) is 19.1 Å². The molecule has 98 valence electrons. The van der Waals surface area contributed by atoms with Crippen LogP contribution in [0.3, 0.4) is 0 Å². The summed E-state index contributed by atoms with van der Waals surface area (Å²) in [6, 6.07) is 5.96. The Kier molecular flexibility index (Phi) is 7.82. The summed E-state index contributed by atoms with van der Waals surface area (Å²) in [6.45, 7) is 7.64. The lowest BCUT2D eigenvalue weighted by Gasteiger charge is -2.04. The van der Waals surface area contributed by atoms with Gasteiger partial charge in [0.15, 0.2) is 0 Å². The molecule has 1 rings (SSSR count). The number of ether oxygens (including phenoxy) is 1. The highest BCUT2D eigenvalue weighted by molar-refractivity contribution is 6.31. The van der Waals surface area contributed by atoms with Crippen LogP contribution < -0.4 is 0 Å². The molecule has 0 fully saturated rings. The Hall–Kier alpha value is -1.53. The lowest BCUT2D eigenvalue weighted by Crippen LogP contribution is -1.95. The maximum absolute atomic E-state index is 9.82. The number of nitrogens with zero attached hydrogens (tertiary/aromatic N) is 1. The zero-order valence-corrected chi connectivity index (χ0v) is 12.0. The smallest absolute Gasteiger partial charge is 0.302 e. The van der Waals surface area contributed by atoms with Crippen LogP contribution in [0.15, 0.2) is 12.1 Å². The molecule has 0 aliphatic carbocycles. The second-order valence-corrected chi connectivity index (χ2v) is 4.19. The average molecular weight is 268 g/mol. The van der Waals surface area contributed by atoms with E-state index >= 15 is 0 Å². The molecular weight excluding hydrogens is 250 g/mol. The second kappa shape index (κ2) is 8.54. The molecule has 0 bridgehead atoms. The molecular formula is C14H18ClNO2. The van der Waals surface area contributed by atoms with Crippen LogP contribution in [0.2, 0.25) is 5.02 Å². The first-order chi connectivity index (χ1) is 8.42. The third-order valence-corrected chi connectivity index (χ3v) is 2.69. The monoisotopic (exact) mass is 267 g/mol. The zero-order chi connectivity index (χ0) is 14.1. The lowest BCUT2D eigenvalue weighted by molar-refractivity contribution is -0.140. The quantitative estimate of drug-likeness (QED) is 0.770. The molecule has 4 heteroatoms. The molecule has 0 saturated heterocycles. The fourth-order valence-corrected chi connectivity index (χ4v) is 1.57. The molecule has 0 aliphatic rings. The number of nitriles is 1. The van der Waals surface area contributed by atoms with E-state index in [9.17, 15) is 4.79 Å². The van der Waals surface area contributed by atoms with E-state index in [-0.39, 0.29) is 5.97 Å². The van der Waals surface area contributed by atoms with Crippen molar-refractivity contribution in [1.82, 2.24) is 0 Å². The van der Waals surface area contributed by atoms with Gasteiger partial charge in [-0.15, -0.1) is 0 Å². The molecule has 1 aromatic carbocycles. The maximum atomic E-state index is 9.82. The van der Waals surface area contributed by atoms with Gasteiger partial charge in [-0.05, 0) is 43.5 Å². The summed E-state index contributed by atoms with van der Waals surface area (Å²) in [5.41, 5.74) is 3.23. The topological polar surface area (TPSA) is 50.1 Å². The summed E-state index contributed by atoms with van der Waals surface area (Å²) in [5, 5.41) is 9.23. The van der Waals surface area contributed by atoms with E-state index in [2.05, 4.69) is 10.8 Å². The van der Waals surface area contributed by atoms with Gasteiger partial charge in [-0.25, -0.2) is 0 Å². The maximum Gasteiger partial charge on any atom is 0.302 e. The summed E-state index contributed by atoms with van der Waals surface area (Å²) in [7, 11) is 0. The standard InChI is InChI=1S/C10H10ClN.C4H8O2/c1-7-5-9(3-4-12)6-10(11)8(7)2;1-3-6-4(2)5/h5-6H,3H2,1-2H3;3H2,1-2H3. The van der Waals surface area contributed by atoms with Crippen molar-refractivity contribution in [3.63, 3.8) is 0 Å². The number of hydrogen-bond acceptors (Lipinski definition) is 3. The largest absolute Gasteiger partial charge is 0.466 e. The van der Waals surface area contributed by atoms with Crippen molar-refractivity contribution in [2.75, 3.05) is 6.61 Å². The van der Waals surface area contributed by atoms with Crippen LogP contribution in [0.1, 0.15) is 30.5 Å². The molecule has 3 nitrogen and oxygen atoms in total. The number of hydrogen-bond donors (Lipinski definition) is 0. The molecule has 1 aromatic rings. The first kappa shape index (κ1) is 16.5. The van der Waals surface area contributed by atoms with Crippen LogP contribution in [0.5, 0.6) is 0 Å². The Morgan fingerprint density at radius 1 is 1.44 bits per heavy atom. The van der Waals surface area contributed by atoms with Crippen molar-refractivity contribution < 1.29 is 9.53 Å². The van der Waals surface area contributed by atoms with Gasteiger partial charge < -0.3 is 4.74 Å². The molecule has 0 heterocycles. The molecule has 0 atom stereocenters. The highest BCUT2D eigenvalue weighted by Gasteiger charge is 2.01. The van der Waals surface area contributed by atoms with Crippen LogP contribution in [0.4, 0.5) is 0 Å². The van der Waals surface area contributed by atoms with Gasteiger partial charge in [-0.1, -0.05) is 17.7 Å². The first-order valence-corrected chi connectivity index (χ1v) is 6.06. The predicted octanol–water partition coefficient (Wildman–Crippen LogP) is 3.59. The number of carbonyl (C=O) groups excluding carboxylic acids is 1. The number of rotatable bonds is 2. The third-order valence-electron chi connectivity index (χ3n) is 2.29. The molecule has 0 spiro atoms. The van der Waals surface area contributed by atoms with Gasteiger partial charge >= 0.3 is 5.97 Å². The summed E-state index contributed by atoms with van der Waals surface area (Å²) in [6.07, 6.45) is 0.431. The van der Waals surface area contributed by atoms with E-state index in [0.717, 1.165) is 21.7 Å². The Morgan fingerprint density at radius 3 is 2.39 bits per heavy atom. The zero-order valence-electron chi connectivity index (χ0n) is 11.2. The fourth-order valence-electron chi connectivity index (χ4n) is 1.28. The third kappa shape index (κ3) is 6.27. The van der Waals surface area contributed by atoms with Crippen LogP contribution in [0, 0.1) is 25.2 Å². The van der Waals surface area contributed by atoms with Gasteiger partial charge in [0, 0.05) is 11.9 Å². The Bertz CT molecular complexity index is 427. The molecule has 0 radical (unpaired) electrons. The van der Waals surface area contributed by atoms with Crippen LogP contribution in [-0.2, 0) is 16.0 Å². The van der Waals surface area contributed by atoms with Gasteiger partial charge in [0.2, 0.25) is 0 Å². The van der Waals surface area contributed by atoms with Crippen molar-refractivity contribution >= 4 is 17.6 Å². The number of benzene rings is 1. The summed E-state index contributed by atoms with van der Waals surface area (Å²) < 4.78 is 4.40. The van der Waals surface area contributed by atoms with E-state index in [1.165, 1.54) is 6.92 Å². The molecule has 0 saturated carbocycles. The van der Waals surface area contributed by atoms with E-state index in [1.54, 1.807) is 6.92 Å². The van der Waals surface area contributed by atoms with Crippen LogP contribution >= 0.6 is 11.6 Å². The second-order valence-electron chi connectivity index (χ2n) is 3.78. The van der Waals surface area contributed by atoms with Gasteiger partial charge in [-0.2, -0.15) is 5.26 Å². The van der Waals surface area contributed by atoms with E-state index in [4.69, 9.17) is 16.9 Å². The minimum Gasteiger partial charge on any atom is -0.466 e. The van der Waals surface area contributed by atoms with E-state index in [0.29, 0.717) is 13.0 Å². The Balaban J connectivity index is 0.000000411. The Morgan fingerprint density at radius 2 is 2.06 bits per heavy atom. The van der Waals surface area contributed by atoms with Crippen LogP contribution in [-0.4, -0.2) is 12.6 Å². The molecule has 0 aromatic heterocycles. The predicted molar refractivity (Wildman–Crippen MR) is 72.6 cm³/mol. The van der Waals surface area contributed by atoms with Crippen molar-refractivity contribution in [3.8, 4) is 6.07 Å². The summed E-state index contributed by atoms with van der Waals surface area (Å²) in [5.74, 6) is -0.211. The highest BCUT2D eigenvalue weighted by Crippen LogP contribution is 2.20. The van der Waals surface area contributed by atoms with Gasteiger partial charge in [0.1, 0.15) is 0 Å². The average Bonchev–Trinajstić information content (AvgIpc) is 2.27. The van der Waals surface area contributed by atoms with Crippen molar-refractivity contribution in [3.05, 3.63) is 33.8 Å². The van der Waals surface area contributed by atoms with Crippen molar-refractivity contribution in [2.24, 2.45) is 0 Å². The summed E-state index contributed by atoms with van der Waals surface area (Å²) in [4.78, 5) is 9.82. The molecule has 18 heavy (non-hydrogen) atoms. The highest BCUT2D eigenvalue weighted by atomic mass is 35.5. The normalized spacial score (nSPS) is 8.89. The van der Waals surface area contributed by atoms with E-state index in [1.807, 2.05) is 26.0 Å². The number of esters is 1. The molecule has 0 unspecified atom stereocenters. The van der Waals surface area contributed by atoms with Gasteiger partial charge in [-0.3, -0.25) is 4.79 Å². The molecule has 0 N–H and O–H groups in total. The van der Waals surface area contributed by atoms with E-state index < -0.39 is 0 Å². The summed E-state index contributed by atoms with van der Waals surface area (Å²) >= 11 is 5.95. The Labute approximate surface area is 113 Å². The molecule has 0 amide bonds. The van der Waals surface area contributed by atoms with Crippen LogP contribution in [0.25, 0.3) is 0 Å². The van der Waals surface area contributed by atoms with Crippen molar-refractivity contribution in [1.29, 1.82) is 5.26 Å². The van der Waals surface area contributed by atoms with Crippen molar-refractivity contribution in [2.45, 2.75) is 34.1 Å². The minimum atomic E-state index is -0.211.